The van der Waals surface area contributed by atoms with Crippen molar-refractivity contribution in [3.63, 3.8) is 0 Å². The van der Waals surface area contributed by atoms with Gasteiger partial charge in [-0.1, -0.05) is 6.07 Å². The second-order valence-corrected chi connectivity index (χ2v) is 6.98. The number of ether oxygens (including phenoxy) is 1. The number of anilines is 1. The van der Waals surface area contributed by atoms with Crippen LogP contribution in [0.4, 0.5) is 14.5 Å². The Morgan fingerprint density at radius 3 is 2.56 bits per heavy atom. The number of amides is 2. The van der Waals surface area contributed by atoms with E-state index in [4.69, 9.17) is 10.5 Å². The third-order valence-corrected chi connectivity index (χ3v) is 4.78. The van der Waals surface area contributed by atoms with Gasteiger partial charge in [0.15, 0.2) is 11.6 Å². The van der Waals surface area contributed by atoms with Crippen LogP contribution in [0.2, 0.25) is 0 Å². The molecular weight excluding hydrogens is 420 g/mol. The van der Waals surface area contributed by atoms with E-state index in [0.29, 0.717) is 5.52 Å². The zero-order chi connectivity index (χ0) is 22.8. The number of benzene rings is 2. The van der Waals surface area contributed by atoms with Crippen LogP contribution in [-0.2, 0) is 9.59 Å². The summed E-state index contributed by atoms with van der Waals surface area (Å²) in [6.07, 6.45) is 2.99. The first-order chi connectivity index (χ1) is 15.3. The number of carbonyl (C=O) groups is 2. The van der Waals surface area contributed by atoms with E-state index in [-0.39, 0.29) is 22.9 Å². The van der Waals surface area contributed by atoms with Crippen molar-refractivity contribution in [2.75, 3.05) is 5.32 Å². The largest absolute Gasteiger partial charge is 0.434 e. The van der Waals surface area contributed by atoms with E-state index in [1.807, 2.05) is 13.0 Å². The van der Waals surface area contributed by atoms with Crippen molar-refractivity contribution in [2.45, 2.75) is 12.8 Å². The zero-order valence-corrected chi connectivity index (χ0v) is 16.8. The minimum atomic E-state index is -1.47. The Morgan fingerprint density at radius 1 is 1.12 bits per heavy atom. The van der Waals surface area contributed by atoms with Crippen LogP contribution >= 0.6 is 0 Å². The molecule has 0 aliphatic heterocycles. The first-order valence-electron chi connectivity index (χ1n) is 9.45. The molecule has 0 spiro atoms. The molecule has 162 valence electrons. The Bertz CT molecular complexity index is 1320. The highest BCUT2D eigenvalue weighted by molar-refractivity contribution is 6.10. The maximum absolute atomic E-state index is 14.8. The van der Waals surface area contributed by atoms with Crippen molar-refractivity contribution >= 4 is 23.0 Å². The first-order valence-corrected chi connectivity index (χ1v) is 9.45. The van der Waals surface area contributed by atoms with Gasteiger partial charge in [0.25, 0.3) is 0 Å². The third kappa shape index (κ3) is 4.10. The molecule has 4 aromatic rings. The monoisotopic (exact) mass is 437 g/mol. The van der Waals surface area contributed by atoms with Gasteiger partial charge < -0.3 is 15.8 Å². The highest BCUT2D eigenvalue weighted by Crippen LogP contribution is 2.30. The number of nitrogens with zero attached hydrogens (tertiary/aromatic N) is 3. The maximum atomic E-state index is 14.8. The number of carbonyl (C=O) groups excluding carboxylic acids is 2. The van der Waals surface area contributed by atoms with Crippen LogP contribution in [0.1, 0.15) is 17.0 Å². The normalized spacial score (nSPS) is 11.8. The molecule has 1 atom stereocenters. The highest BCUT2D eigenvalue weighted by atomic mass is 19.1. The lowest BCUT2D eigenvalue weighted by atomic mass is 9.97. The fourth-order valence-corrected chi connectivity index (χ4v) is 3.23. The molecule has 0 saturated heterocycles. The fourth-order valence-electron chi connectivity index (χ4n) is 3.23. The summed E-state index contributed by atoms with van der Waals surface area (Å²) >= 11 is 0. The number of rotatable bonds is 6. The molecule has 0 bridgehead atoms. The Morgan fingerprint density at radius 2 is 1.88 bits per heavy atom. The predicted octanol–water partition coefficient (Wildman–Crippen LogP) is 3.32. The number of hydrogen-bond donors (Lipinski definition) is 2. The molecule has 4 rings (SSSR count). The smallest absolute Gasteiger partial charge is 0.247 e. The second-order valence-electron chi connectivity index (χ2n) is 6.98. The minimum absolute atomic E-state index is 0.0358. The molecule has 0 aliphatic carbocycles. The summed E-state index contributed by atoms with van der Waals surface area (Å²) in [5.74, 6) is -4.53. The molecule has 2 amide bonds. The average Bonchev–Trinajstić information content (AvgIpc) is 3.13. The van der Waals surface area contributed by atoms with Gasteiger partial charge in [-0.3, -0.25) is 9.59 Å². The lowest BCUT2D eigenvalue weighted by Crippen LogP contribution is -2.32. The summed E-state index contributed by atoms with van der Waals surface area (Å²) in [6, 6.07) is 10.4. The summed E-state index contributed by atoms with van der Waals surface area (Å²) in [7, 11) is 0. The topological polar surface area (TPSA) is 112 Å². The van der Waals surface area contributed by atoms with Crippen LogP contribution in [0, 0.1) is 18.6 Å². The van der Waals surface area contributed by atoms with E-state index < -0.39 is 29.4 Å². The van der Waals surface area contributed by atoms with Gasteiger partial charge in [-0.05, 0) is 60.5 Å². The molecule has 8 nitrogen and oxygen atoms in total. The van der Waals surface area contributed by atoms with Gasteiger partial charge in [-0.15, -0.1) is 0 Å². The van der Waals surface area contributed by atoms with Gasteiger partial charge >= 0.3 is 0 Å². The van der Waals surface area contributed by atoms with Crippen LogP contribution in [0.5, 0.6) is 11.6 Å². The molecule has 2 heterocycles. The van der Waals surface area contributed by atoms with Gasteiger partial charge in [0.2, 0.25) is 17.7 Å². The number of nitrogens with two attached hydrogens (primary N) is 1. The number of primary amides is 1. The first kappa shape index (κ1) is 20.9. The van der Waals surface area contributed by atoms with E-state index in [0.717, 1.165) is 23.8 Å². The van der Waals surface area contributed by atoms with Gasteiger partial charge in [0.1, 0.15) is 23.6 Å². The third-order valence-electron chi connectivity index (χ3n) is 4.78. The number of aromatic nitrogens is 3. The van der Waals surface area contributed by atoms with Crippen molar-refractivity contribution in [3.05, 3.63) is 83.8 Å². The molecular formula is C22H17F2N5O3. The van der Waals surface area contributed by atoms with Crippen molar-refractivity contribution < 1.29 is 23.1 Å². The maximum Gasteiger partial charge on any atom is 0.247 e. The van der Waals surface area contributed by atoms with Gasteiger partial charge in [-0.2, -0.15) is 10.1 Å². The summed E-state index contributed by atoms with van der Waals surface area (Å²) < 4.78 is 35.0. The molecule has 32 heavy (non-hydrogen) atoms. The lowest BCUT2D eigenvalue weighted by molar-refractivity contribution is -0.127. The summed E-state index contributed by atoms with van der Waals surface area (Å²) in [4.78, 5) is 28.6. The number of fused-ring (bicyclic) bond motifs is 1. The van der Waals surface area contributed by atoms with E-state index >= 15 is 0 Å². The molecule has 1 unspecified atom stereocenters. The second kappa shape index (κ2) is 8.42. The van der Waals surface area contributed by atoms with Crippen molar-refractivity contribution in [1.29, 1.82) is 0 Å². The average molecular weight is 437 g/mol. The highest BCUT2D eigenvalue weighted by Gasteiger charge is 2.28. The molecule has 0 aliphatic rings. The lowest BCUT2D eigenvalue weighted by Gasteiger charge is -2.15. The zero-order valence-electron chi connectivity index (χ0n) is 16.8. The van der Waals surface area contributed by atoms with Crippen LogP contribution < -0.4 is 15.8 Å². The Balaban J connectivity index is 1.60. The molecule has 10 heteroatoms. The SMILES string of the molecule is Cc1ccn2ncnc(Oc3ccc(C(C(N)=O)C(=O)Nc4ccc(F)cc4)cc3F)c12. The van der Waals surface area contributed by atoms with E-state index in [9.17, 15) is 18.4 Å². The number of aryl methyl sites for hydroxylation is 1. The molecule has 2 aromatic carbocycles. The van der Waals surface area contributed by atoms with Crippen molar-refractivity contribution in [2.24, 2.45) is 5.73 Å². The number of halogens is 2. The van der Waals surface area contributed by atoms with E-state index in [1.165, 1.54) is 30.6 Å². The Labute approximate surface area is 180 Å². The minimum Gasteiger partial charge on any atom is -0.434 e. The van der Waals surface area contributed by atoms with E-state index in [1.54, 1.807) is 10.7 Å². The number of hydrogen-bond acceptors (Lipinski definition) is 5. The Hall–Kier alpha value is -4.34. The van der Waals surface area contributed by atoms with Crippen LogP contribution in [0.25, 0.3) is 5.52 Å². The van der Waals surface area contributed by atoms with Crippen LogP contribution in [-0.4, -0.2) is 26.4 Å². The molecule has 2 aromatic heterocycles. The summed E-state index contributed by atoms with van der Waals surface area (Å²) in [6.45, 7) is 1.84. The number of nitrogens with one attached hydrogen (secondary N) is 1. The predicted molar refractivity (Wildman–Crippen MR) is 111 cm³/mol. The van der Waals surface area contributed by atoms with Gasteiger partial charge in [-0.25, -0.2) is 13.3 Å². The molecule has 0 saturated carbocycles. The molecule has 0 fully saturated rings. The standard InChI is InChI=1S/C22H17F2N5O3/c1-12-8-9-29-19(12)22(26-11-27-29)32-17-7-2-13(10-16(17)24)18(20(25)30)21(31)28-15-5-3-14(23)4-6-15/h2-11,18H,1H3,(H2,25,30)(H,28,31). The van der Waals surface area contributed by atoms with Gasteiger partial charge in [0, 0.05) is 11.9 Å². The molecule has 0 radical (unpaired) electrons. The van der Waals surface area contributed by atoms with Gasteiger partial charge in [0.05, 0.1) is 0 Å². The Kier molecular flexibility index (Phi) is 5.50. The van der Waals surface area contributed by atoms with E-state index in [2.05, 4.69) is 15.4 Å². The van der Waals surface area contributed by atoms with Crippen molar-refractivity contribution in [3.8, 4) is 11.6 Å². The summed E-state index contributed by atoms with van der Waals surface area (Å²) in [5.41, 5.74) is 7.10. The van der Waals surface area contributed by atoms with Crippen LogP contribution in [0.3, 0.4) is 0 Å². The summed E-state index contributed by atoms with van der Waals surface area (Å²) in [5, 5.41) is 6.52. The molecule has 3 N–H and O–H groups in total. The van der Waals surface area contributed by atoms with Crippen LogP contribution in [0.15, 0.2) is 61.1 Å². The fraction of sp³-hybridized carbons (Fsp3) is 0.0909. The van der Waals surface area contributed by atoms with Crippen molar-refractivity contribution in [1.82, 2.24) is 14.6 Å². The quantitative estimate of drug-likeness (QED) is 0.450.